The molecule has 4 aromatic rings. The summed E-state index contributed by atoms with van der Waals surface area (Å²) >= 11 is 4.18. The number of aromatic nitrogens is 3. The number of thiazole rings is 1. The Morgan fingerprint density at radius 3 is 2.83 bits per heavy atom. The van der Waals surface area contributed by atoms with E-state index < -0.39 is 0 Å². The van der Waals surface area contributed by atoms with Crippen LogP contribution in [0.2, 0.25) is 0 Å². The van der Waals surface area contributed by atoms with Gasteiger partial charge >= 0.3 is 0 Å². The molecule has 2 N–H and O–H groups in total. The third-order valence-electron chi connectivity index (χ3n) is 3.85. The van der Waals surface area contributed by atoms with Gasteiger partial charge < -0.3 is 15.1 Å². The number of benzene rings is 1. The number of hydrogen-bond donors (Lipinski definition) is 2. The molecule has 29 heavy (non-hydrogen) atoms. The van der Waals surface area contributed by atoms with Gasteiger partial charge in [-0.25, -0.2) is 4.98 Å². The molecule has 0 aliphatic heterocycles. The highest BCUT2D eigenvalue weighted by Gasteiger charge is 2.19. The first-order chi connectivity index (χ1) is 14.2. The zero-order valence-corrected chi connectivity index (χ0v) is 17.8. The normalized spacial score (nSPS) is 11.9. The van der Waals surface area contributed by atoms with Crippen molar-refractivity contribution in [3.05, 3.63) is 59.9 Å². The summed E-state index contributed by atoms with van der Waals surface area (Å²) in [6.45, 7) is 2.37. The fourth-order valence-corrected chi connectivity index (χ4v) is 5.00. The van der Waals surface area contributed by atoms with Gasteiger partial charge in [0.1, 0.15) is 5.76 Å². The van der Waals surface area contributed by atoms with Crippen LogP contribution >= 0.6 is 34.4 Å². The molecule has 10 heteroatoms. The summed E-state index contributed by atoms with van der Waals surface area (Å²) in [6.07, 6.45) is 1.63. The van der Waals surface area contributed by atoms with Gasteiger partial charge in [-0.15, -0.1) is 21.5 Å². The van der Waals surface area contributed by atoms with Crippen molar-refractivity contribution in [3.8, 4) is 11.3 Å². The summed E-state index contributed by atoms with van der Waals surface area (Å²) in [6, 6.07) is 13.6. The summed E-state index contributed by atoms with van der Waals surface area (Å²) in [5, 5.41) is 17.1. The first-order valence-corrected chi connectivity index (χ1v) is 11.3. The molecule has 0 spiro atoms. The van der Waals surface area contributed by atoms with Crippen molar-refractivity contribution in [1.29, 1.82) is 0 Å². The van der Waals surface area contributed by atoms with Crippen LogP contribution in [-0.4, -0.2) is 26.3 Å². The van der Waals surface area contributed by atoms with Crippen LogP contribution in [0, 0.1) is 0 Å². The lowest BCUT2D eigenvalue weighted by molar-refractivity contribution is -0.115. The molecule has 0 unspecified atom stereocenters. The second-order valence-electron chi connectivity index (χ2n) is 5.96. The predicted molar refractivity (Wildman–Crippen MR) is 117 cm³/mol. The molecule has 1 atom stereocenters. The van der Waals surface area contributed by atoms with E-state index in [2.05, 4.69) is 25.8 Å². The standard InChI is InChI=1S/C19H17N5O2S3/c1-12(28-19-24-23-17(29-19)20-10-14-8-5-9-26-14)16(25)22-18-21-15(11-27-18)13-6-3-2-4-7-13/h2-9,11-12H,10H2,1H3,(H,20,23)(H,21,22,25)/t12-/m1/s1. The summed E-state index contributed by atoms with van der Waals surface area (Å²) in [5.74, 6) is 0.699. The molecule has 1 aromatic carbocycles. The Labute approximate surface area is 179 Å². The number of nitrogens with zero attached hydrogens (tertiary/aromatic N) is 3. The molecule has 0 radical (unpaired) electrons. The van der Waals surface area contributed by atoms with E-state index in [-0.39, 0.29) is 11.2 Å². The fraction of sp³-hybridized carbons (Fsp3) is 0.158. The minimum absolute atomic E-state index is 0.121. The van der Waals surface area contributed by atoms with Gasteiger partial charge in [-0.2, -0.15) is 0 Å². The van der Waals surface area contributed by atoms with E-state index in [1.807, 2.05) is 54.8 Å². The Morgan fingerprint density at radius 1 is 1.17 bits per heavy atom. The van der Waals surface area contributed by atoms with Gasteiger partial charge in [0.05, 0.1) is 23.8 Å². The molecule has 0 aliphatic rings. The Balaban J connectivity index is 1.30. The number of amides is 1. The lowest BCUT2D eigenvalue weighted by atomic mass is 10.2. The third kappa shape index (κ3) is 5.22. The van der Waals surface area contributed by atoms with Crippen LogP contribution < -0.4 is 10.6 Å². The zero-order valence-electron chi connectivity index (χ0n) is 15.4. The Morgan fingerprint density at radius 2 is 2.03 bits per heavy atom. The molecule has 0 saturated carbocycles. The van der Waals surface area contributed by atoms with Crippen LogP contribution in [0.3, 0.4) is 0 Å². The number of hydrogen-bond acceptors (Lipinski definition) is 9. The van der Waals surface area contributed by atoms with Crippen LogP contribution in [0.1, 0.15) is 12.7 Å². The molecule has 3 aromatic heterocycles. The molecule has 3 heterocycles. The van der Waals surface area contributed by atoms with Gasteiger partial charge in [0.15, 0.2) is 9.47 Å². The summed E-state index contributed by atoms with van der Waals surface area (Å²) in [7, 11) is 0. The zero-order chi connectivity index (χ0) is 20.1. The van der Waals surface area contributed by atoms with E-state index in [1.165, 1.54) is 34.4 Å². The minimum atomic E-state index is -0.329. The maximum absolute atomic E-state index is 12.5. The van der Waals surface area contributed by atoms with Crippen molar-refractivity contribution in [2.24, 2.45) is 0 Å². The SMILES string of the molecule is C[C@@H](Sc1nnc(NCc2ccco2)s1)C(=O)Nc1nc(-c2ccccc2)cs1. The summed E-state index contributed by atoms with van der Waals surface area (Å²) < 4.78 is 6.00. The predicted octanol–water partition coefficient (Wildman–Crippen LogP) is 4.99. The van der Waals surface area contributed by atoms with E-state index in [0.29, 0.717) is 16.8 Å². The van der Waals surface area contributed by atoms with Crippen LogP contribution in [0.4, 0.5) is 10.3 Å². The Bertz CT molecular complexity index is 1060. The van der Waals surface area contributed by atoms with E-state index in [1.54, 1.807) is 6.26 Å². The Hall–Kier alpha value is -2.69. The average Bonchev–Trinajstić information content (AvgIpc) is 3.49. The molecule has 0 saturated heterocycles. The van der Waals surface area contributed by atoms with Crippen molar-refractivity contribution in [1.82, 2.24) is 15.2 Å². The van der Waals surface area contributed by atoms with Crippen LogP contribution in [0.15, 0.2) is 62.9 Å². The number of rotatable bonds is 8. The molecule has 1 amide bonds. The second kappa shape index (κ2) is 9.21. The quantitative estimate of drug-likeness (QED) is 0.371. The van der Waals surface area contributed by atoms with Gasteiger partial charge in [-0.05, 0) is 19.1 Å². The fourth-order valence-electron chi connectivity index (χ4n) is 2.39. The number of carbonyl (C=O) groups excluding carboxylic acids is 1. The lowest BCUT2D eigenvalue weighted by Crippen LogP contribution is -2.22. The molecular weight excluding hydrogens is 426 g/mol. The molecule has 7 nitrogen and oxygen atoms in total. The van der Waals surface area contributed by atoms with Crippen molar-refractivity contribution >= 4 is 50.6 Å². The summed E-state index contributed by atoms with van der Waals surface area (Å²) in [5.41, 5.74) is 1.87. The highest BCUT2D eigenvalue weighted by molar-refractivity contribution is 8.02. The van der Waals surface area contributed by atoms with Gasteiger partial charge in [0.2, 0.25) is 11.0 Å². The number of nitrogens with one attached hydrogen (secondary N) is 2. The number of anilines is 2. The average molecular weight is 444 g/mol. The maximum atomic E-state index is 12.5. The van der Waals surface area contributed by atoms with Crippen LogP contribution in [0.25, 0.3) is 11.3 Å². The van der Waals surface area contributed by atoms with Crippen molar-refractivity contribution in [2.45, 2.75) is 23.1 Å². The molecular formula is C19H17N5O2S3. The lowest BCUT2D eigenvalue weighted by Gasteiger charge is -2.07. The Kier molecular flexibility index (Phi) is 6.23. The highest BCUT2D eigenvalue weighted by Crippen LogP contribution is 2.30. The van der Waals surface area contributed by atoms with Crippen molar-refractivity contribution < 1.29 is 9.21 Å². The van der Waals surface area contributed by atoms with E-state index in [9.17, 15) is 4.79 Å². The number of furan rings is 1. The maximum Gasteiger partial charge on any atom is 0.239 e. The van der Waals surface area contributed by atoms with Gasteiger partial charge in [-0.1, -0.05) is 53.4 Å². The van der Waals surface area contributed by atoms with E-state index >= 15 is 0 Å². The van der Waals surface area contributed by atoms with Gasteiger partial charge in [0.25, 0.3) is 0 Å². The highest BCUT2D eigenvalue weighted by atomic mass is 32.2. The molecule has 0 aliphatic carbocycles. The topological polar surface area (TPSA) is 92.9 Å². The van der Waals surface area contributed by atoms with Gasteiger partial charge in [-0.3, -0.25) is 4.79 Å². The second-order valence-corrected chi connectivity index (χ2v) is 9.38. The largest absolute Gasteiger partial charge is 0.467 e. The number of carbonyl (C=O) groups is 1. The first kappa shape index (κ1) is 19.6. The first-order valence-electron chi connectivity index (χ1n) is 8.75. The molecule has 0 fully saturated rings. The van der Waals surface area contributed by atoms with Crippen molar-refractivity contribution in [2.75, 3.05) is 10.6 Å². The smallest absolute Gasteiger partial charge is 0.239 e. The van der Waals surface area contributed by atoms with Crippen molar-refractivity contribution in [3.63, 3.8) is 0 Å². The van der Waals surface area contributed by atoms with Crippen LogP contribution in [0.5, 0.6) is 0 Å². The van der Waals surface area contributed by atoms with Crippen LogP contribution in [-0.2, 0) is 11.3 Å². The molecule has 0 bridgehead atoms. The summed E-state index contributed by atoms with van der Waals surface area (Å²) in [4.78, 5) is 17.0. The van der Waals surface area contributed by atoms with E-state index in [0.717, 1.165) is 21.4 Å². The minimum Gasteiger partial charge on any atom is -0.467 e. The third-order valence-corrected chi connectivity index (χ3v) is 6.67. The number of thioether (sulfide) groups is 1. The van der Waals surface area contributed by atoms with E-state index in [4.69, 9.17) is 4.42 Å². The molecule has 4 rings (SSSR count). The molecule has 148 valence electrons. The monoisotopic (exact) mass is 443 g/mol. The van der Waals surface area contributed by atoms with Gasteiger partial charge in [0, 0.05) is 10.9 Å².